The molecule has 2 aromatic carbocycles. The predicted molar refractivity (Wildman–Crippen MR) is 130 cm³/mol. The molecule has 1 aliphatic rings. The number of ether oxygens (including phenoxy) is 1. The second-order valence-electron chi connectivity index (χ2n) is 9.82. The molecule has 0 fully saturated rings. The lowest BCUT2D eigenvalue weighted by atomic mass is 9.82. The summed E-state index contributed by atoms with van der Waals surface area (Å²) in [5.74, 6) is -0.266. The molecule has 3 aromatic rings. The maximum Gasteiger partial charge on any atom is 0.404 e. The van der Waals surface area contributed by atoms with Gasteiger partial charge in [-0.05, 0) is 67.0 Å². The molecule has 2 heterocycles. The number of imidazole rings is 1. The maximum atomic E-state index is 13.7. The van der Waals surface area contributed by atoms with Crippen molar-refractivity contribution in [3.8, 4) is 0 Å². The average molecular weight is 469 g/mol. The Morgan fingerprint density at radius 3 is 2.82 bits per heavy atom. The molecule has 3 N–H and O–H groups in total. The van der Waals surface area contributed by atoms with Crippen LogP contribution >= 0.6 is 0 Å². The van der Waals surface area contributed by atoms with Gasteiger partial charge in [0.15, 0.2) is 0 Å². The number of para-hydroxylation sites is 2. The van der Waals surface area contributed by atoms with Gasteiger partial charge in [-0.2, -0.15) is 0 Å². The fourth-order valence-electron chi connectivity index (χ4n) is 4.94. The van der Waals surface area contributed by atoms with Crippen molar-refractivity contribution in [2.75, 3.05) is 18.1 Å². The monoisotopic (exact) mass is 468 g/mol. The largest absolute Gasteiger partial charge is 0.442 e. The van der Waals surface area contributed by atoms with E-state index in [-0.39, 0.29) is 23.9 Å². The molecule has 34 heavy (non-hydrogen) atoms. The van der Waals surface area contributed by atoms with Gasteiger partial charge in [0.25, 0.3) is 0 Å². The standard InChI is InChI=1S/C26H33FN4O3/c1-26(2,12-14-30-17-29-20-5-3-4-6-22(20)30)11-9-23(24(16-32)34-25(28)33)31-13-10-18-15-19(27)7-8-21(18)31/h3-8,15,17,23-24,32H,9-14,16H2,1-2H3,(H2,28,33)/t23-,24?/m1/s1. The predicted octanol–water partition coefficient (Wildman–Crippen LogP) is 4.26. The van der Waals surface area contributed by atoms with E-state index >= 15 is 0 Å². The van der Waals surface area contributed by atoms with Gasteiger partial charge in [0.05, 0.1) is 30.0 Å². The van der Waals surface area contributed by atoms with E-state index in [0.717, 1.165) is 41.7 Å². The first kappa shape index (κ1) is 24.0. The molecule has 0 bridgehead atoms. The molecule has 0 aliphatic carbocycles. The second-order valence-corrected chi connectivity index (χ2v) is 9.82. The number of carbonyl (C=O) groups is 1. The van der Waals surface area contributed by atoms with E-state index in [1.54, 1.807) is 12.1 Å². The molecule has 0 saturated heterocycles. The Kier molecular flexibility index (Phi) is 7.07. The van der Waals surface area contributed by atoms with Crippen LogP contribution in [0.1, 0.15) is 38.7 Å². The van der Waals surface area contributed by atoms with Crippen LogP contribution in [0.5, 0.6) is 0 Å². The van der Waals surface area contributed by atoms with Crippen molar-refractivity contribution in [1.82, 2.24) is 9.55 Å². The fourth-order valence-corrected chi connectivity index (χ4v) is 4.94. The Morgan fingerprint density at radius 2 is 2.06 bits per heavy atom. The first-order valence-electron chi connectivity index (χ1n) is 11.8. The first-order chi connectivity index (χ1) is 16.3. The molecule has 2 atom stereocenters. The molecule has 0 radical (unpaired) electrons. The summed E-state index contributed by atoms with van der Waals surface area (Å²) in [6.45, 7) is 5.62. The normalized spacial score (nSPS) is 15.4. The van der Waals surface area contributed by atoms with E-state index in [4.69, 9.17) is 10.5 Å². The van der Waals surface area contributed by atoms with E-state index < -0.39 is 12.2 Å². The summed E-state index contributed by atoms with van der Waals surface area (Å²) in [5.41, 5.74) is 9.23. The topological polar surface area (TPSA) is 93.6 Å². The van der Waals surface area contributed by atoms with Crippen LogP contribution in [-0.4, -0.2) is 46.0 Å². The average Bonchev–Trinajstić information content (AvgIpc) is 3.41. The minimum Gasteiger partial charge on any atom is -0.442 e. The van der Waals surface area contributed by atoms with Crippen molar-refractivity contribution >= 4 is 22.8 Å². The number of benzene rings is 2. The van der Waals surface area contributed by atoms with Crippen LogP contribution in [0.2, 0.25) is 0 Å². The van der Waals surface area contributed by atoms with Crippen LogP contribution in [0.15, 0.2) is 48.8 Å². The first-order valence-corrected chi connectivity index (χ1v) is 11.8. The van der Waals surface area contributed by atoms with E-state index in [1.807, 2.05) is 24.5 Å². The summed E-state index contributed by atoms with van der Waals surface area (Å²) in [7, 11) is 0. The highest BCUT2D eigenvalue weighted by Gasteiger charge is 2.35. The number of aliphatic hydroxyl groups is 1. The Balaban J connectivity index is 1.48. The zero-order valence-corrected chi connectivity index (χ0v) is 19.8. The molecule has 1 amide bonds. The van der Waals surface area contributed by atoms with Gasteiger partial charge in [-0.25, -0.2) is 14.2 Å². The van der Waals surface area contributed by atoms with Crippen molar-refractivity contribution in [1.29, 1.82) is 0 Å². The third kappa shape index (κ3) is 5.33. The minimum absolute atomic E-state index is 0.0122. The number of nitrogens with zero attached hydrogens (tertiary/aromatic N) is 3. The van der Waals surface area contributed by atoms with Crippen LogP contribution in [0.25, 0.3) is 11.0 Å². The summed E-state index contributed by atoms with van der Waals surface area (Å²) in [4.78, 5) is 18.1. The van der Waals surface area contributed by atoms with Crippen molar-refractivity contribution in [3.63, 3.8) is 0 Å². The Hall–Kier alpha value is -3.13. The van der Waals surface area contributed by atoms with Gasteiger partial charge in [-0.1, -0.05) is 26.0 Å². The van der Waals surface area contributed by atoms with Crippen LogP contribution in [0, 0.1) is 11.2 Å². The fraction of sp³-hybridized carbons (Fsp3) is 0.462. The quantitative estimate of drug-likeness (QED) is 0.464. The number of primary amides is 1. The molecular formula is C26H33FN4O3. The van der Waals surface area contributed by atoms with Gasteiger partial charge in [-0.3, -0.25) is 0 Å². The number of anilines is 1. The zero-order chi connectivity index (χ0) is 24.3. The highest BCUT2D eigenvalue weighted by molar-refractivity contribution is 5.74. The number of aliphatic hydroxyl groups excluding tert-OH is 1. The van der Waals surface area contributed by atoms with Gasteiger partial charge in [0.2, 0.25) is 0 Å². The molecule has 1 aromatic heterocycles. The number of nitrogens with two attached hydrogens (primary N) is 1. The SMILES string of the molecule is CC(C)(CC[C@H](C(CO)OC(N)=O)N1CCc2cc(F)ccc21)CCn1cnc2ccccc21. The Labute approximate surface area is 199 Å². The van der Waals surface area contributed by atoms with Gasteiger partial charge in [-0.15, -0.1) is 0 Å². The number of carbonyl (C=O) groups excluding carboxylic acids is 1. The van der Waals surface area contributed by atoms with Crippen molar-refractivity contribution in [2.45, 2.75) is 58.2 Å². The Morgan fingerprint density at radius 1 is 1.26 bits per heavy atom. The van der Waals surface area contributed by atoms with Crippen LogP contribution in [0.4, 0.5) is 14.9 Å². The van der Waals surface area contributed by atoms with Crippen LogP contribution < -0.4 is 10.6 Å². The highest BCUT2D eigenvalue weighted by Crippen LogP contribution is 2.36. The van der Waals surface area contributed by atoms with Crippen LogP contribution in [-0.2, 0) is 17.7 Å². The minimum atomic E-state index is -0.908. The van der Waals surface area contributed by atoms with Gasteiger partial charge in [0, 0.05) is 18.8 Å². The number of halogens is 1. The number of fused-ring (bicyclic) bond motifs is 2. The number of hydrogen-bond acceptors (Lipinski definition) is 5. The van der Waals surface area contributed by atoms with Crippen molar-refractivity contribution in [2.24, 2.45) is 11.1 Å². The molecule has 4 rings (SSSR count). The van der Waals surface area contributed by atoms with E-state index in [1.165, 1.54) is 6.07 Å². The van der Waals surface area contributed by atoms with E-state index in [0.29, 0.717) is 19.4 Å². The van der Waals surface area contributed by atoms with Crippen molar-refractivity contribution < 1.29 is 19.0 Å². The summed E-state index contributed by atoms with van der Waals surface area (Å²) in [6.07, 6.45) is 3.38. The van der Waals surface area contributed by atoms with Crippen LogP contribution in [0.3, 0.4) is 0 Å². The molecule has 7 nitrogen and oxygen atoms in total. The number of aromatic nitrogens is 2. The summed E-state index contributed by atoms with van der Waals surface area (Å²) in [6, 6.07) is 12.6. The smallest absolute Gasteiger partial charge is 0.404 e. The lowest BCUT2D eigenvalue weighted by Crippen LogP contribution is -2.48. The summed E-state index contributed by atoms with van der Waals surface area (Å²) in [5, 5.41) is 10.0. The molecule has 0 spiro atoms. The second kappa shape index (κ2) is 10.0. The van der Waals surface area contributed by atoms with E-state index in [2.05, 4.69) is 34.4 Å². The maximum absolute atomic E-state index is 13.7. The molecular weight excluding hydrogens is 435 g/mol. The number of amides is 1. The molecule has 8 heteroatoms. The van der Waals surface area contributed by atoms with Gasteiger partial charge >= 0.3 is 6.09 Å². The molecule has 182 valence electrons. The highest BCUT2D eigenvalue weighted by atomic mass is 19.1. The molecule has 0 saturated carbocycles. The third-order valence-electron chi connectivity index (χ3n) is 6.92. The molecule has 1 aliphatic heterocycles. The number of aryl methyl sites for hydroxylation is 1. The Bertz CT molecular complexity index is 1150. The number of hydrogen-bond donors (Lipinski definition) is 2. The molecule has 1 unspecified atom stereocenters. The van der Waals surface area contributed by atoms with Crippen molar-refractivity contribution in [3.05, 3.63) is 60.2 Å². The summed E-state index contributed by atoms with van der Waals surface area (Å²) >= 11 is 0. The lowest BCUT2D eigenvalue weighted by Gasteiger charge is -2.37. The van der Waals surface area contributed by atoms with E-state index in [9.17, 15) is 14.3 Å². The zero-order valence-electron chi connectivity index (χ0n) is 19.8. The summed E-state index contributed by atoms with van der Waals surface area (Å²) < 4.78 is 21.2. The van der Waals surface area contributed by atoms with Gasteiger partial charge in [0.1, 0.15) is 11.9 Å². The number of rotatable bonds is 10. The third-order valence-corrected chi connectivity index (χ3v) is 6.92. The lowest BCUT2D eigenvalue weighted by molar-refractivity contribution is 0.0417. The van der Waals surface area contributed by atoms with Gasteiger partial charge < -0.3 is 25.0 Å².